The highest BCUT2D eigenvalue weighted by Crippen LogP contribution is 2.20. The maximum atomic E-state index is 12.3. The first-order valence-corrected chi connectivity index (χ1v) is 8.47. The Bertz CT molecular complexity index is 1070. The number of fused-ring (bicyclic) bond motifs is 1. The number of nitrogens with one attached hydrogen (secondary N) is 1. The first-order chi connectivity index (χ1) is 12.5. The summed E-state index contributed by atoms with van der Waals surface area (Å²) in [5.41, 5.74) is 0.981. The van der Waals surface area contributed by atoms with Crippen LogP contribution < -0.4 is 15.8 Å². The maximum Gasteiger partial charge on any atom is 0.281 e. The van der Waals surface area contributed by atoms with Crippen molar-refractivity contribution in [1.82, 2.24) is 15.0 Å². The van der Waals surface area contributed by atoms with Crippen molar-refractivity contribution in [3.8, 4) is 6.19 Å². The fraction of sp³-hybridized carbons (Fsp3) is 0.176. The smallest absolute Gasteiger partial charge is 0.281 e. The number of nitrogens with zero attached hydrogens (tertiary/aromatic N) is 5. The third-order valence-electron chi connectivity index (χ3n) is 3.41. The predicted molar refractivity (Wildman–Crippen MR) is 99.0 cm³/mol. The van der Waals surface area contributed by atoms with E-state index in [2.05, 4.69) is 20.3 Å². The van der Waals surface area contributed by atoms with Crippen LogP contribution in [0.1, 0.15) is 11.4 Å². The van der Waals surface area contributed by atoms with Crippen LogP contribution in [-0.2, 0) is 4.79 Å². The topological polar surface area (TPSA) is 112 Å². The van der Waals surface area contributed by atoms with E-state index >= 15 is 0 Å². The average Bonchev–Trinajstić information content (AvgIpc) is 2.59. The number of anilines is 2. The van der Waals surface area contributed by atoms with Gasteiger partial charge < -0.3 is 5.32 Å². The number of hydrogen-bond acceptors (Lipinski definition) is 8. The number of benzene rings is 1. The Morgan fingerprint density at radius 3 is 2.62 bits per heavy atom. The summed E-state index contributed by atoms with van der Waals surface area (Å²) < 4.78 is 0.720. The molecule has 0 unspecified atom stereocenters. The predicted octanol–water partition coefficient (Wildman–Crippen LogP) is 1.99. The highest BCUT2D eigenvalue weighted by atomic mass is 32.1. The van der Waals surface area contributed by atoms with Gasteiger partial charge in [-0.3, -0.25) is 9.59 Å². The molecule has 2 heterocycles. The van der Waals surface area contributed by atoms with Crippen molar-refractivity contribution < 1.29 is 4.79 Å². The van der Waals surface area contributed by atoms with Gasteiger partial charge in [-0.1, -0.05) is 23.5 Å². The van der Waals surface area contributed by atoms with Crippen LogP contribution in [0, 0.1) is 25.3 Å². The van der Waals surface area contributed by atoms with Gasteiger partial charge in [-0.05, 0) is 32.0 Å². The van der Waals surface area contributed by atoms with Gasteiger partial charge in [0.1, 0.15) is 6.54 Å². The van der Waals surface area contributed by atoms with E-state index in [-0.39, 0.29) is 17.6 Å². The Hall–Kier alpha value is -3.38. The Morgan fingerprint density at radius 2 is 1.92 bits per heavy atom. The van der Waals surface area contributed by atoms with Crippen LogP contribution in [0.2, 0.25) is 0 Å². The molecule has 2 aromatic heterocycles. The van der Waals surface area contributed by atoms with Gasteiger partial charge in [0.25, 0.3) is 5.56 Å². The molecule has 0 aliphatic carbocycles. The van der Waals surface area contributed by atoms with E-state index in [1.807, 2.05) is 6.19 Å². The van der Waals surface area contributed by atoms with Crippen molar-refractivity contribution in [2.75, 3.05) is 16.8 Å². The van der Waals surface area contributed by atoms with Crippen molar-refractivity contribution in [3.63, 3.8) is 0 Å². The second-order valence-electron chi connectivity index (χ2n) is 5.51. The van der Waals surface area contributed by atoms with E-state index in [1.54, 1.807) is 44.2 Å². The second kappa shape index (κ2) is 7.25. The summed E-state index contributed by atoms with van der Waals surface area (Å²) in [6, 6.07) is 8.80. The summed E-state index contributed by atoms with van der Waals surface area (Å²) >= 11 is 1.19. The summed E-state index contributed by atoms with van der Waals surface area (Å²) in [6.45, 7) is 3.28. The molecule has 0 saturated heterocycles. The number of rotatable bonds is 4. The largest absolute Gasteiger partial charge is 0.300 e. The van der Waals surface area contributed by atoms with Crippen molar-refractivity contribution in [3.05, 3.63) is 52.1 Å². The number of amides is 1. The molecule has 1 N–H and O–H groups in total. The van der Waals surface area contributed by atoms with Crippen LogP contribution in [0.15, 0.2) is 35.1 Å². The summed E-state index contributed by atoms with van der Waals surface area (Å²) in [5.74, 6) is -0.340. The Kier molecular flexibility index (Phi) is 4.86. The molecule has 130 valence electrons. The van der Waals surface area contributed by atoms with E-state index in [4.69, 9.17) is 0 Å². The molecule has 3 aromatic rings. The van der Waals surface area contributed by atoms with Gasteiger partial charge >= 0.3 is 0 Å². The third kappa shape index (κ3) is 3.81. The minimum atomic E-state index is -0.493. The van der Waals surface area contributed by atoms with Crippen molar-refractivity contribution >= 4 is 38.4 Å². The monoisotopic (exact) mass is 366 g/mol. The third-order valence-corrected chi connectivity index (χ3v) is 4.37. The van der Waals surface area contributed by atoms with Crippen molar-refractivity contribution in [1.29, 1.82) is 5.26 Å². The zero-order valence-corrected chi connectivity index (χ0v) is 14.9. The summed E-state index contributed by atoms with van der Waals surface area (Å²) in [7, 11) is 0. The number of aromatic nitrogens is 3. The Labute approximate surface area is 152 Å². The zero-order valence-electron chi connectivity index (χ0n) is 14.1. The molecular weight excluding hydrogens is 352 g/mol. The van der Waals surface area contributed by atoms with Crippen LogP contribution in [0.25, 0.3) is 10.1 Å². The molecule has 9 heteroatoms. The normalized spacial score (nSPS) is 10.3. The molecule has 1 aromatic carbocycles. The van der Waals surface area contributed by atoms with Gasteiger partial charge in [0.2, 0.25) is 11.9 Å². The first kappa shape index (κ1) is 17.4. The number of carbonyl (C=O) groups excluding carboxylic acids is 1. The fourth-order valence-corrected chi connectivity index (χ4v) is 3.26. The quantitative estimate of drug-likeness (QED) is 0.555. The van der Waals surface area contributed by atoms with Crippen LogP contribution >= 0.6 is 11.3 Å². The molecule has 0 aliphatic heterocycles. The Morgan fingerprint density at radius 1 is 1.23 bits per heavy atom. The van der Waals surface area contributed by atoms with E-state index in [9.17, 15) is 14.9 Å². The van der Waals surface area contributed by atoms with Gasteiger partial charge in [0.15, 0.2) is 11.3 Å². The van der Waals surface area contributed by atoms with Gasteiger partial charge in [0.05, 0.1) is 5.39 Å². The lowest BCUT2D eigenvalue weighted by Crippen LogP contribution is -2.31. The molecule has 0 atom stereocenters. The van der Waals surface area contributed by atoms with Gasteiger partial charge in [0, 0.05) is 16.1 Å². The fourth-order valence-electron chi connectivity index (χ4n) is 2.35. The number of hydrogen-bond donors (Lipinski definition) is 1. The molecule has 0 spiro atoms. The molecule has 0 radical (unpaired) electrons. The molecule has 1 amide bonds. The van der Waals surface area contributed by atoms with Crippen LogP contribution in [0.4, 0.5) is 11.1 Å². The van der Waals surface area contributed by atoms with E-state index in [0.717, 1.165) is 9.60 Å². The van der Waals surface area contributed by atoms with E-state index < -0.39 is 11.5 Å². The number of nitriles is 1. The SMILES string of the molecule is Cc1cc(C)nc(N(C#N)CC(=O)Nc2nc(=O)c3ccccc3s2)n1. The minimum Gasteiger partial charge on any atom is -0.300 e. The zero-order chi connectivity index (χ0) is 18.7. The lowest BCUT2D eigenvalue weighted by molar-refractivity contribution is -0.114. The molecule has 3 rings (SSSR count). The van der Waals surface area contributed by atoms with E-state index in [1.165, 1.54) is 11.3 Å². The van der Waals surface area contributed by atoms with Gasteiger partial charge in [-0.15, -0.1) is 0 Å². The molecule has 0 bridgehead atoms. The molecule has 0 aliphatic rings. The summed E-state index contributed by atoms with van der Waals surface area (Å²) in [6.07, 6.45) is 1.90. The summed E-state index contributed by atoms with van der Waals surface area (Å²) in [5, 5.41) is 12.5. The standard InChI is InChI=1S/C17H14N6O2S/c1-10-7-11(2)20-16(19-10)23(9-18)8-14(24)21-17-22-15(25)12-5-3-4-6-13(12)26-17/h3-7H,8H2,1-2H3,(H,21,22,24,25). The number of aryl methyl sites for hydroxylation is 2. The van der Waals surface area contributed by atoms with Crippen LogP contribution in [-0.4, -0.2) is 27.4 Å². The Balaban J connectivity index is 1.79. The molecule has 26 heavy (non-hydrogen) atoms. The summed E-state index contributed by atoms with van der Waals surface area (Å²) in [4.78, 5) is 37.6. The molecule has 0 saturated carbocycles. The average molecular weight is 366 g/mol. The van der Waals surface area contributed by atoms with Crippen molar-refractivity contribution in [2.45, 2.75) is 13.8 Å². The maximum absolute atomic E-state index is 12.3. The van der Waals surface area contributed by atoms with Crippen LogP contribution in [0.3, 0.4) is 0 Å². The van der Waals surface area contributed by atoms with Gasteiger partial charge in [-0.2, -0.15) is 10.2 Å². The van der Waals surface area contributed by atoms with E-state index in [0.29, 0.717) is 16.8 Å². The number of carbonyl (C=O) groups is 1. The second-order valence-corrected chi connectivity index (χ2v) is 6.54. The lowest BCUT2D eigenvalue weighted by atomic mass is 10.3. The minimum absolute atomic E-state index is 0.153. The lowest BCUT2D eigenvalue weighted by Gasteiger charge is -2.14. The molecule has 0 fully saturated rings. The molecule has 8 nitrogen and oxygen atoms in total. The molecular formula is C17H14N6O2S. The van der Waals surface area contributed by atoms with Gasteiger partial charge in [-0.25, -0.2) is 14.9 Å². The highest BCUT2D eigenvalue weighted by Gasteiger charge is 2.16. The van der Waals surface area contributed by atoms with Crippen molar-refractivity contribution in [2.24, 2.45) is 0 Å². The van der Waals surface area contributed by atoms with Crippen LogP contribution in [0.5, 0.6) is 0 Å². The first-order valence-electron chi connectivity index (χ1n) is 7.65. The highest BCUT2D eigenvalue weighted by molar-refractivity contribution is 7.21.